The third kappa shape index (κ3) is 6.16. The summed E-state index contributed by atoms with van der Waals surface area (Å²) < 4.78 is 0. The van der Waals surface area contributed by atoms with Gasteiger partial charge in [0.1, 0.15) is 5.75 Å². The van der Waals surface area contributed by atoms with Crippen LogP contribution in [-0.2, 0) is 16.6 Å². The van der Waals surface area contributed by atoms with Crippen LogP contribution >= 0.6 is 11.8 Å². The topological polar surface area (TPSA) is 20.2 Å². The van der Waals surface area contributed by atoms with Gasteiger partial charge in [-0.05, 0) is 78.1 Å². The van der Waals surface area contributed by atoms with Crippen LogP contribution in [0.3, 0.4) is 0 Å². The lowest BCUT2D eigenvalue weighted by atomic mass is 9.47. The molecule has 0 heterocycles. The van der Waals surface area contributed by atoms with Crippen LogP contribution in [-0.4, -0.2) is 10.4 Å². The van der Waals surface area contributed by atoms with Gasteiger partial charge in [0.2, 0.25) is 0 Å². The van der Waals surface area contributed by atoms with E-state index >= 15 is 0 Å². The predicted molar refractivity (Wildman–Crippen MR) is 159 cm³/mol. The lowest BCUT2D eigenvalue weighted by molar-refractivity contribution is -0.0444. The first-order valence-electron chi connectivity index (χ1n) is 15.4. The number of rotatable bonds is 6. The van der Waals surface area contributed by atoms with Crippen molar-refractivity contribution in [1.82, 2.24) is 0 Å². The number of phenols is 1. The minimum atomic E-state index is 0.0684. The number of phenolic OH excluding ortho intramolecular Hbond substituents is 1. The third-order valence-electron chi connectivity index (χ3n) is 10.6. The third-order valence-corrected chi connectivity index (χ3v) is 12.1. The van der Waals surface area contributed by atoms with Gasteiger partial charge in [-0.15, -0.1) is 0 Å². The van der Waals surface area contributed by atoms with Crippen molar-refractivity contribution in [1.29, 1.82) is 0 Å². The molecular weight excluding hydrogens is 456 g/mol. The van der Waals surface area contributed by atoms with Crippen molar-refractivity contribution in [2.24, 2.45) is 16.7 Å². The Bertz CT molecular complexity index is 889. The molecule has 2 bridgehead atoms. The van der Waals surface area contributed by atoms with Gasteiger partial charge >= 0.3 is 0 Å². The highest BCUT2D eigenvalue weighted by Crippen LogP contribution is 2.63. The van der Waals surface area contributed by atoms with E-state index in [1.807, 2.05) is 0 Å². The molecule has 3 aliphatic rings. The van der Waals surface area contributed by atoms with Crippen molar-refractivity contribution in [3.05, 3.63) is 28.8 Å². The Hall–Kier alpha value is -0.630. The van der Waals surface area contributed by atoms with Crippen molar-refractivity contribution >= 4 is 11.8 Å². The highest BCUT2D eigenvalue weighted by Gasteiger charge is 2.53. The minimum absolute atomic E-state index is 0.0684. The largest absolute Gasteiger partial charge is 0.507 e. The van der Waals surface area contributed by atoms with Crippen molar-refractivity contribution in [2.75, 3.05) is 0 Å². The van der Waals surface area contributed by atoms with Crippen LogP contribution in [0.2, 0.25) is 0 Å². The van der Waals surface area contributed by atoms with Crippen molar-refractivity contribution in [3.63, 3.8) is 0 Å². The first kappa shape index (κ1) is 28.4. The van der Waals surface area contributed by atoms with Gasteiger partial charge in [0.15, 0.2) is 0 Å². The Morgan fingerprint density at radius 2 is 1.56 bits per heavy atom. The van der Waals surface area contributed by atoms with Crippen molar-refractivity contribution < 1.29 is 5.11 Å². The molecule has 0 spiro atoms. The summed E-state index contributed by atoms with van der Waals surface area (Å²) in [6.07, 6.45) is 18.9. The fourth-order valence-electron chi connectivity index (χ4n) is 8.61. The summed E-state index contributed by atoms with van der Waals surface area (Å²) in [6, 6.07) is 4.77. The highest BCUT2D eigenvalue weighted by molar-refractivity contribution is 7.99. The summed E-state index contributed by atoms with van der Waals surface area (Å²) in [5.41, 5.74) is 4.96. The maximum atomic E-state index is 11.9. The Morgan fingerprint density at radius 3 is 2.17 bits per heavy atom. The second-order valence-corrected chi connectivity index (χ2v) is 16.3. The van der Waals surface area contributed by atoms with Crippen LogP contribution in [0.4, 0.5) is 0 Å². The monoisotopic (exact) mass is 512 g/mol. The summed E-state index contributed by atoms with van der Waals surface area (Å²) in [4.78, 5) is 0. The van der Waals surface area contributed by atoms with E-state index in [-0.39, 0.29) is 10.8 Å². The molecule has 1 aromatic rings. The molecule has 0 radical (unpaired) electrons. The Morgan fingerprint density at radius 1 is 0.889 bits per heavy atom. The van der Waals surface area contributed by atoms with Crippen LogP contribution in [0, 0.1) is 16.7 Å². The number of fused-ring (bicyclic) bond motifs is 2. The van der Waals surface area contributed by atoms with Crippen LogP contribution in [0.1, 0.15) is 155 Å². The molecular formula is C34H56OS. The van der Waals surface area contributed by atoms with Crippen LogP contribution in [0.25, 0.3) is 0 Å². The summed E-state index contributed by atoms with van der Waals surface area (Å²) in [6.45, 7) is 16.9. The molecule has 0 saturated heterocycles. The molecule has 0 aromatic heterocycles. The summed E-state index contributed by atoms with van der Waals surface area (Å²) >= 11 is 2.12. The lowest BCUT2D eigenvalue weighted by Crippen LogP contribution is -2.48. The van der Waals surface area contributed by atoms with E-state index in [0.717, 1.165) is 16.9 Å². The van der Waals surface area contributed by atoms with Gasteiger partial charge in [-0.25, -0.2) is 0 Å². The van der Waals surface area contributed by atoms with Crippen LogP contribution in [0.15, 0.2) is 12.1 Å². The Balaban J connectivity index is 1.66. The van der Waals surface area contributed by atoms with Gasteiger partial charge in [0.25, 0.3) is 0 Å². The van der Waals surface area contributed by atoms with Gasteiger partial charge in [0.05, 0.1) is 0 Å². The van der Waals surface area contributed by atoms with E-state index < -0.39 is 0 Å². The van der Waals surface area contributed by atoms with Crippen LogP contribution in [0.5, 0.6) is 5.75 Å². The second-order valence-electron chi connectivity index (χ2n) is 15.0. The van der Waals surface area contributed by atoms with E-state index in [0.29, 0.717) is 16.6 Å². The molecule has 1 N–H and O–H groups in total. The smallest absolute Gasteiger partial charge is 0.123 e. The number of aromatic hydroxyl groups is 1. The average molecular weight is 513 g/mol. The van der Waals surface area contributed by atoms with E-state index in [2.05, 4.69) is 72.4 Å². The quantitative estimate of drug-likeness (QED) is 0.409. The van der Waals surface area contributed by atoms with Gasteiger partial charge in [-0.3, -0.25) is 0 Å². The van der Waals surface area contributed by atoms with Crippen molar-refractivity contribution in [2.45, 2.75) is 160 Å². The molecule has 3 saturated carbocycles. The molecule has 3 aliphatic carbocycles. The number of hydrogen-bond donors (Lipinski definition) is 1. The molecule has 4 atom stereocenters. The zero-order valence-electron chi connectivity index (χ0n) is 24.8. The first-order chi connectivity index (χ1) is 16.9. The predicted octanol–water partition coefficient (Wildman–Crippen LogP) is 10.7. The summed E-state index contributed by atoms with van der Waals surface area (Å²) in [7, 11) is 0. The number of hydrogen-bond acceptors (Lipinski definition) is 2. The molecule has 204 valence electrons. The number of benzene rings is 1. The Labute approximate surface area is 228 Å². The maximum Gasteiger partial charge on any atom is 0.123 e. The zero-order chi connectivity index (χ0) is 26.2. The van der Waals surface area contributed by atoms with E-state index in [9.17, 15) is 5.11 Å². The van der Waals surface area contributed by atoms with Crippen LogP contribution < -0.4 is 0 Å². The summed E-state index contributed by atoms with van der Waals surface area (Å²) in [5.74, 6) is 2.38. The molecule has 0 amide bonds. The first-order valence-corrected chi connectivity index (χ1v) is 16.4. The molecule has 4 rings (SSSR count). The van der Waals surface area contributed by atoms with Crippen molar-refractivity contribution in [3.8, 4) is 5.75 Å². The SMILES string of the molecule is CCC1(C)CC2CC(CC)(C1)CC(C)(c1cc(C(C)(C)C)cc(CSC3CCCCCCC3)c1O)C2. The fourth-order valence-corrected chi connectivity index (χ4v) is 9.91. The van der Waals surface area contributed by atoms with E-state index in [1.54, 1.807) is 0 Å². The molecule has 3 fully saturated rings. The number of thioether (sulfide) groups is 1. The van der Waals surface area contributed by atoms with Gasteiger partial charge < -0.3 is 5.11 Å². The second kappa shape index (κ2) is 10.9. The Kier molecular flexibility index (Phi) is 8.56. The van der Waals surface area contributed by atoms with Gasteiger partial charge in [-0.2, -0.15) is 11.8 Å². The molecule has 2 heteroatoms. The van der Waals surface area contributed by atoms with Gasteiger partial charge in [0, 0.05) is 22.1 Å². The molecule has 0 aliphatic heterocycles. The standard InChI is InChI=1S/C34H56OS/c1-8-32(6)19-25-20-33(7,24-34(9-2,21-25)23-32)29-18-27(31(3,4)5)17-26(30(29)35)22-36-28-15-13-11-10-12-14-16-28/h17-18,25,28,35H,8-16,19-24H2,1-7H3. The van der Waals surface area contributed by atoms with Gasteiger partial charge in [-0.1, -0.05) is 106 Å². The fraction of sp³-hybridized carbons (Fsp3) is 0.824. The van der Waals surface area contributed by atoms with E-state index in [1.165, 1.54) is 107 Å². The molecule has 1 nitrogen and oxygen atoms in total. The van der Waals surface area contributed by atoms with E-state index in [4.69, 9.17) is 0 Å². The average Bonchev–Trinajstić information content (AvgIpc) is 2.77. The molecule has 4 unspecified atom stereocenters. The lowest BCUT2D eigenvalue weighted by Gasteiger charge is -2.58. The molecule has 1 aromatic carbocycles. The highest BCUT2D eigenvalue weighted by atomic mass is 32.2. The normalized spacial score (nSPS) is 34.2. The molecule has 36 heavy (non-hydrogen) atoms. The zero-order valence-corrected chi connectivity index (χ0v) is 25.6. The maximum absolute atomic E-state index is 11.9. The minimum Gasteiger partial charge on any atom is -0.507 e. The summed E-state index contributed by atoms with van der Waals surface area (Å²) in [5, 5.41) is 12.6.